The highest BCUT2D eigenvalue weighted by molar-refractivity contribution is 5.99. The van der Waals surface area contributed by atoms with Crippen LogP contribution in [0.5, 0.6) is 0 Å². The van der Waals surface area contributed by atoms with Gasteiger partial charge in [-0.2, -0.15) is 0 Å². The van der Waals surface area contributed by atoms with Gasteiger partial charge in [-0.05, 0) is 136 Å². The predicted molar refractivity (Wildman–Crippen MR) is 256 cm³/mol. The summed E-state index contributed by atoms with van der Waals surface area (Å²) in [4.78, 5) is 4.71. The van der Waals surface area contributed by atoms with Crippen LogP contribution in [0.4, 0.5) is 34.1 Å². The Labute approximate surface area is 353 Å². The van der Waals surface area contributed by atoms with Crippen molar-refractivity contribution in [1.29, 1.82) is 0 Å². The van der Waals surface area contributed by atoms with Crippen molar-refractivity contribution in [2.45, 2.75) is 12.8 Å². The number of para-hydroxylation sites is 1. The number of hydrogen-bond acceptors (Lipinski definition) is 2. The molecule has 0 amide bonds. The van der Waals surface area contributed by atoms with Gasteiger partial charge in [0.05, 0.1) is 5.69 Å². The van der Waals surface area contributed by atoms with E-state index in [2.05, 4.69) is 252 Å². The second-order valence-corrected chi connectivity index (χ2v) is 15.3. The number of fused-ring (bicyclic) bond motifs is 1. The molecular formula is C58H44N2. The number of allylic oxidation sites excluding steroid dienone is 4. The molecule has 0 bridgehead atoms. The molecule has 0 unspecified atom stereocenters. The Morgan fingerprint density at radius 2 is 0.750 bits per heavy atom. The van der Waals surface area contributed by atoms with Gasteiger partial charge in [-0.15, -0.1) is 0 Å². The van der Waals surface area contributed by atoms with E-state index in [1.807, 2.05) is 0 Å². The molecule has 0 aromatic heterocycles. The molecule has 0 radical (unpaired) electrons. The molecule has 0 aliphatic heterocycles. The van der Waals surface area contributed by atoms with Gasteiger partial charge in [0.1, 0.15) is 0 Å². The minimum Gasteiger partial charge on any atom is -0.311 e. The van der Waals surface area contributed by atoms with Crippen molar-refractivity contribution < 1.29 is 0 Å². The highest BCUT2D eigenvalue weighted by atomic mass is 15.1. The Balaban J connectivity index is 0.971. The van der Waals surface area contributed by atoms with Gasteiger partial charge in [0, 0.05) is 33.8 Å². The lowest BCUT2D eigenvalue weighted by Crippen LogP contribution is -2.10. The summed E-state index contributed by atoms with van der Waals surface area (Å²) in [6.45, 7) is 0. The van der Waals surface area contributed by atoms with E-state index in [1.54, 1.807) is 0 Å². The van der Waals surface area contributed by atoms with Crippen molar-refractivity contribution in [3.05, 3.63) is 248 Å². The standard InChI is InChI=1S/C58H44N2/c1-4-14-43(15-5-1)45-26-34-53(35-27-45)59(55-38-32-48(33-39-55)51-21-12-20-50(42-51)44-16-6-2-7-17-44)54-36-28-46(29-37-54)47-30-40-56(41-31-47)60(52-22-8-3-9-23-52)58-25-13-19-49-18-10-11-24-57(49)58/h1-4,6-14,16-42H,5,15H2. The summed E-state index contributed by atoms with van der Waals surface area (Å²) < 4.78 is 0. The van der Waals surface area contributed by atoms with Gasteiger partial charge in [-0.1, -0.05) is 170 Å². The molecular weight excluding hydrogens is 725 g/mol. The summed E-state index contributed by atoms with van der Waals surface area (Å²) >= 11 is 0. The monoisotopic (exact) mass is 768 g/mol. The first-order valence-corrected chi connectivity index (χ1v) is 20.8. The number of benzene rings is 9. The lowest BCUT2D eigenvalue weighted by molar-refractivity contribution is 1.05. The summed E-state index contributed by atoms with van der Waals surface area (Å²) in [7, 11) is 0. The van der Waals surface area contributed by atoms with Crippen molar-refractivity contribution in [2.24, 2.45) is 0 Å². The van der Waals surface area contributed by atoms with Crippen LogP contribution in [0, 0.1) is 0 Å². The van der Waals surface area contributed by atoms with E-state index in [9.17, 15) is 0 Å². The molecule has 2 heteroatoms. The quantitative estimate of drug-likeness (QED) is 0.137. The first-order valence-electron chi connectivity index (χ1n) is 20.8. The van der Waals surface area contributed by atoms with Gasteiger partial charge in [0.15, 0.2) is 0 Å². The van der Waals surface area contributed by atoms with E-state index in [-0.39, 0.29) is 0 Å². The molecule has 0 spiro atoms. The zero-order valence-electron chi connectivity index (χ0n) is 33.4. The van der Waals surface area contributed by atoms with Gasteiger partial charge in [-0.25, -0.2) is 0 Å². The van der Waals surface area contributed by atoms with Crippen molar-refractivity contribution in [3.63, 3.8) is 0 Å². The van der Waals surface area contributed by atoms with Gasteiger partial charge in [-0.3, -0.25) is 0 Å². The second kappa shape index (κ2) is 16.7. The maximum atomic E-state index is 2.36. The first-order chi connectivity index (χ1) is 29.7. The van der Waals surface area contributed by atoms with Crippen LogP contribution < -0.4 is 9.80 Å². The summed E-state index contributed by atoms with van der Waals surface area (Å²) in [5.41, 5.74) is 16.6. The molecule has 60 heavy (non-hydrogen) atoms. The minimum atomic E-state index is 1.07. The number of rotatable bonds is 10. The Morgan fingerprint density at radius 1 is 0.317 bits per heavy atom. The van der Waals surface area contributed by atoms with E-state index < -0.39 is 0 Å². The minimum absolute atomic E-state index is 1.07. The zero-order valence-corrected chi connectivity index (χ0v) is 33.4. The normalized spacial score (nSPS) is 12.2. The van der Waals surface area contributed by atoms with Crippen molar-refractivity contribution >= 4 is 50.5 Å². The average molecular weight is 769 g/mol. The highest BCUT2D eigenvalue weighted by Crippen LogP contribution is 2.41. The molecule has 286 valence electrons. The summed E-state index contributed by atoms with van der Waals surface area (Å²) in [5, 5.41) is 2.44. The molecule has 1 aliphatic rings. The molecule has 0 saturated heterocycles. The van der Waals surface area contributed by atoms with E-state index in [1.165, 1.54) is 55.3 Å². The van der Waals surface area contributed by atoms with Gasteiger partial charge in [0.2, 0.25) is 0 Å². The number of nitrogens with zero attached hydrogens (tertiary/aromatic N) is 2. The number of hydrogen-bond donors (Lipinski definition) is 0. The Kier molecular flexibility index (Phi) is 10.2. The summed E-state index contributed by atoms with van der Waals surface area (Å²) in [6.07, 6.45) is 8.82. The predicted octanol–water partition coefficient (Wildman–Crippen LogP) is 16.5. The van der Waals surface area contributed by atoms with Crippen LogP contribution in [0.15, 0.2) is 243 Å². The third kappa shape index (κ3) is 7.55. The molecule has 0 N–H and O–H groups in total. The molecule has 9 aromatic carbocycles. The largest absolute Gasteiger partial charge is 0.311 e. The smallest absolute Gasteiger partial charge is 0.0540 e. The highest BCUT2D eigenvalue weighted by Gasteiger charge is 2.17. The third-order valence-corrected chi connectivity index (χ3v) is 11.5. The zero-order chi connectivity index (χ0) is 40.1. The van der Waals surface area contributed by atoms with E-state index in [0.717, 1.165) is 47.0 Å². The number of anilines is 6. The Hall–Kier alpha value is -7.68. The summed E-state index contributed by atoms with van der Waals surface area (Å²) in [6, 6.07) is 81.1. The van der Waals surface area contributed by atoms with Gasteiger partial charge >= 0.3 is 0 Å². The van der Waals surface area contributed by atoms with Crippen LogP contribution in [0.25, 0.3) is 49.7 Å². The van der Waals surface area contributed by atoms with Crippen molar-refractivity contribution in [1.82, 2.24) is 0 Å². The van der Waals surface area contributed by atoms with E-state index >= 15 is 0 Å². The fraction of sp³-hybridized carbons (Fsp3) is 0.0345. The van der Waals surface area contributed by atoms with Crippen LogP contribution in [-0.4, -0.2) is 0 Å². The molecule has 1 aliphatic carbocycles. The fourth-order valence-corrected chi connectivity index (χ4v) is 8.44. The SMILES string of the molecule is C1=CCCC(c2ccc(N(c3ccc(-c4ccc(N(c5ccccc5)c5cccc6ccccc56)cc4)cc3)c3ccc(-c4cccc(-c5ccccc5)c4)cc3)cc2)=C1. The molecule has 10 rings (SSSR count). The maximum Gasteiger partial charge on any atom is 0.0540 e. The first kappa shape index (κ1) is 36.6. The average Bonchev–Trinajstić information content (AvgIpc) is 3.34. The lowest BCUT2D eigenvalue weighted by Gasteiger charge is -2.27. The fourth-order valence-electron chi connectivity index (χ4n) is 8.44. The van der Waals surface area contributed by atoms with Gasteiger partial charge in [0.25, 0.3) is 0 Å². The molecule has 2 nitrogen and oxygen atoms in total. The Morgan fingerprint density at radius 3 is 1.33 bits per heavy atom. The van der Waals surface area contributed by atoms with Crippen LogP contribution in [0.2, 0.25) is 0 Å². The summed E-state index contributed by atoms with van der Waals surface area (Å²) in [5.74, 6) is 0. The molecule has 0 fully saturated rings. The Bertz CT molecular complexity index is 2920. The van der Waals surface area contributed by atoms with Crippen LogP contribution in [-0.2, 0) is 0 Å². The molecule has 0 heterocycles. The topological polar surface area (TPSA) is 6.48 Å². The van der Waals surface area contributed by atoms with Crippen LogP contribution in [0.3, 0.4) is 0 Å². The van der Waals surface area contributed by atoms with Crippen molar-refractivity contribution in [2.75, 3.05) is 9.80 Å². The van der Waals surface area contributed by atoms with Crippen LogP contribution in [0.1, 0.15) is 18.4 Å². The second-order valence-electron chi connectivity index (χ2n) is 15.3. The molecule has 0 saturated carbocycles. The van der Waals surface area contributed by atoms with E-state index in [0.29, 0.717) is 0 Å². The molecule has 0 atom stereocenters. The third-order valence-electron chi connectivity index (χ3n) is 11.5. The van der Waals surface area contributed by atoms with E-state index in [4.69, 9.17) is 0 Å². The van der Waals surface area contributed by atoms with Crippen LogP contribution >= 0.6 is 0 Å². The van der Waals surface area contributed by atoms with Crippen molar-refractivity contribution in [3.8, 4) is 33.4 Å². The lowest BCUT2D eigenvalue weighted by atomic mass is 9.97. The van der Waals surface area contributed by atoms with Gasteiger partial charge < -0.3 is 9.80 Å². The maximum absolute atomic E-state index is 2.36. The molecule has 9 aromatic rings.